The summed E-state index contributed by atoms with van der Waals surface area (Å²) in [5.74, 6) is -7.53. The van der Waals surface area contributed by atoms with Crippen molar-refractivity contribution in [3.8, 4) is 0 Å². The lowest BCUT2D eigenvalue weighted by atomic mass is 10.1. The lowest BCUT2D eigenvalue weighted by Crippen LogP contribution is -2.57. The molecule has 0 aromatic carbocycles. The van der Waals surface area contributed by atoms with Crippen molar-refractivity contribution in [3.63, 3.8) is 0 Å². The van der Waals surface area contributed by atoms with E-state index in [4.69, 9.17) is 45.9 Å². The lowest BCUT2D eigenvalue weighted by Gasteiger charge is -2.28. The van der Waals surface area contributed by atoms with E-state index in [-0.39, 0.29) is 95.0 Å². The minimum Gasteiger partial charge on any atom is -0.391 e. The maximum Gasteiger partial charge on any atom is 0.269 e. The van der Waals surface area contributed by atoms with Crippen LogP contribution in [0.15, 0.2) is 34.3 Å². The molecule has 1 fully saturated rings. The van der Waals surface area contributed by atoms with E-state index in [0.29, 0.717) is 70.3 Å². The standard InChI is InChI=1S/C48H86N20O11/c49-15-3-1-10-31(41(73)58-19-6-5-17-51)63-43(75)33(13-8-20-59-48(55)56)64-42(74)32(11-2-4-16-50)65-44(76)35(22-29-26-57-28-61-29)66-45(77)36-14-9-21-68(36)47(79)34(12-7-18-52)62-39(72)27-60-46(78)40(37(70)25-54)67-38(71)23-30(69)24-53/h13,26,28,30-32,35-37,40,69-70H,1-12,14-25,27,49-54H2,(H,57,61)(H,58,73)(H,60,78)(H,63,75)(H,64,74)(H,65,76)(H,66,77)(H,67,71)(H4,55,56,59)/b33-13-,62-34?/t30-,31+,32-,35+,36+,37+,40+/m1/s1. The first-order valence-corrected chi connectivity index (χ1v) is 26.6. The van der Waals surface area contributed by atoms with Crippen LogP contribution in [0.3, 0.4) is 0 Å². The molecule has 9 amide bonds. The van der Waals surface area contributed by atoms with E-state index < -0.39 is 115 Å². The number of guanidine groups is 1. The zero-order valence-corrected chi connectivity index (χ0v) is 44.9. The van der Waals surface area contributed by atoms with Crippen LogP contribution in [0.1, 0.15) is 95.6 Å². The molecule has 26 N–H and O–H groups in total. The Balaban J connectivity index is 2.42. The SMILES string of the molecule is NCCCCNC(=O)[C@H](CCCCN)NC(=O)/C(=C/CCN=C(N)N)NC(=O)[C@@H](CCCCN)NC(=O)[C@H](Cc1cnc[nH]1)NC(=O)[C@@H]1CCCN1C(=O)C(CCCN)=NC(=O)CNC(=O)[C@@H](NC(=O)C[C@@H](O)CN)[C@@H](O)CN. The van der Waals surface area contributed by atoms with Gasteiger partial charge in [0.1, 0.15) is 41.6 Å². The number of imidazole rings is 1. The average molecular weight is 1120 g/mol. The van der Waals surface area contributed by atoms with Gasteiger partial charge in [0.15, 0.2) is 5.96 Å². The maximum absolute atomic E-state index is 14.4. The van der Waals surface area contributed by atoms with Gasteiger partial charge in [-0.15, -0.1) is 0 Å². The highest BCUT2D eigenvalue weighted by Crippen LogP contribution is 2.20. The van der Waals surface area contributed by atoms with Crippen molar-refractivity contribution in [2.75, 3.05) is 65.4 Å². The first kappa shape index (κ1) is 68.1. The van der Waals surface area contributed by atoms with Crippen molar-refractivity contribution in [2.24, 2.45) is 55.9 Å². The highest BCUT2D eigenvalue weighted by Gasteiger charge is 2.39. The van der Waals surface area contributed by atoms with Gasteiger partial charge in [-0.2, -0.15) is 0 Å². The number of nitrogens with zero attached hydrogens (tertiary/aromatic N) is 4. The Morgan fingerprint density at radius 3 is 2.03 bits per heavy atom. The quantitative estimate of drug-likeness (QED) is 0.0126. The number of unbranched alkanes of at least 4 members (excludes halogenated alkanes) is 3. The average Bonchev–Trinajstić information content (AvgIpc) is 4.16. The summed E-state index contributed by atoms with van der Waals surface area (Å²) in [6.45, 7) is 0.0304. The van der Waals surface area contributed by atoms with Crippen LogP contribution < -0.4 is 83.1 Å². The summed E-state index contributed by atoms with van der Waals surface area (Å²) in [4.78, 5) is 139. The Morgan fingerprint density at radius 2 is 1.42 bits per heavy atom. The van der Waals surface area contributed by atoms with Gasteiger partial charge in [0.05, 0.1) is 31.5 Å². The summed E-state index contributed by atoms with van der Waals surface area (Å²) in [7, 11) is 0. The van der Waals surface area contributed by atoms with Crippen molar-refractivity contribution in [1.29, 1.82) is 0 Å². The number of rotatable bonds is 39. The number of H-pyrrole nitrogens is 1. The fraction of sp³-hybridized carbons (Fsp3) is 0.667. The number of nitrogens with one attached hydrogen (secondary N) is 8. The molecule has 1 aromatic heterocycles. The molecule has 1 aliphatic heterocycles. The van der Waals surface area contributed by atoms with Gasteiger partial charge in [-0.05, 0) is 110 Å². The number of aliphatic hydroxyl groups is 2. The zero-order chi connectivity index (χ0) is 58.7. The first-order chi connectivity index (χ1) is 37.8. The molecule has 0 aliphatic carbocycles. The van der Waals surface area contributed by atoms with E-state index >= 15 is 0 Å². The number of hydrogen-bond acceptors (Lipinski definition) is 19. The van der Waals surface area contributed by atoms with Gasteiger partial charge in [0.2, 0.25) is 35.4 Å². The van der Waals surface area contributed by atoms with Gasteiger partial charge in [-0.1, -0.05) is 6.08 Å². The van der Waals surface area contributed by atoms with E-state index in [0.717, 1.165) is 0 Å². The number of aliphatic hydroxyl groups excluding tert-OH is 2. The molecule has 7 atom stereocenters. The van der Waals surface area contributed by atoms with Gasteiger partial charge in [0.25, 0.3) is 17.7 Å². The van der Waals surface area contributed by atoms with Crippen molar-refractivity contribution < 1.29 is 53.4 Å². The largest absolute Gasteiger partial charge is 0.391 e. The van der Waals surface area contributed by atoms with Gasteiger partial charge in [0, 0.05) is 51.0 Å². The number of amides is 9. The summed E-state index contributed by atoms with van der Waals surface area (Å²) >= 11 is 0. The third-order valence-corrected chi connectivity index (χ3v) is 12.2. The molecule has 79 heavy (non-hydrogen) atoms. The third kappa shape index (κ3) is 26.0. The second-order valence-corrected chi connectivity index (χ2v) is 18.6. The summed E-state index contributed by atoms with van der Waals surface area (Å²) in [5.41, 5.74) is 44.6. The molecule has 0 bridgehead atoms. The van der Waals surface area contributed by atoms with Gasteiger partial charge >= 0.3 is 0 Å². The maximum atomic E-state index is 14.4. The van der Waals surface area contributed by atoms with Crippen LogP contribution in [-0.2, 0) is 49.6 Å². The molecule has 0 spiro atoms. The summed E-state index contributed by atoms with van der Waals surface area (Å²) < 4.78 is 0. The fourth-order valence-electron chi connectivity index (χ4n) is 7.95. The highest BCUT2D eigenvalue weighted by atomic mass is 16.3. The van der Waals surface area contributed by atoms with Crippen LogP contribution in [0.25, 0.3) is 0 Å². The fourth-order valence-corrected chi connectivity index (χ4v) is 7.95. The van der Waals surface area contributed by atoms with E-state index in [1.54, 1.807) is 0 Å². The molecule has 1 aliphatic rings. The number of likely N-dealkylation sites (tertiary alicyclic amines) is 1. The number of aromatic amines is 1. The number of carbonyl (C=O) groups is 9. The Morgan fingerprint density at radius 1 is 0.759 bits per heavy atom. The van der Waals surface area contributed by atoms with Crippen LogP contribution in [0.2, 0.25) is 0 Å². The van der Waals surface area contributed by atoms with Crippen LogP contribution in [0, 0.1) is 0 Å². The molecule has 1 aromatic rings. The first-order valence-electron chi connectivity index (χ1n) is 26.6. The minimum atomic E-state index is -1.63. The van der Waals surface area contributed by atoms with Crippen molar-refractivity contribution in [1.82, 2.24) is 52.1 Å². The van der Waals surface area contributed by atoms with Crippen LogP contribution >= 0.6 is 0 Å². The summed E-state index contributed by atoms with van der Waals surface area (Å²) in [5, 5.41) is 38.1. The topological polar surface area (TPSA) is 543 Å². The van der Waals surface area contributed by atoms with Crippen LogP contribution in [0.5, 0.6) is 0 Å². The summed E-state index contributed by atoms with van der Waals surface area (Å²) in [6, 6.07) is -6.53. The molecule has 0 unspecified atom stereocenters. The van der Waals surface area contributed by atoms with E-state index in [2.05, 4.69) is 57.2 Å². The Hall–Kier alpha value is -7.00. The van der Waals surface area contributed by atoms with Crippen molar-refractivity contribution in [2.45, 2.75) is 139 Å². The second kappa shape index (κ2) is 38.5. The predicted octanol–water partition coefficient (Wildman–Crippen LogP) is -7.49. The molecule has 31 nitrogen and oxygen atoms in total. The summed E-state index contributed by atoms with van der Waals surface area (Å²) in [6.07, 6.45) is 4.73. The number of aliphatic imine (C=N–C) groups is 2. The smallest absolute Gasteiger partial charge is 0.269 e. The normalized spacial score (nSPS) is 15.8. The molecule has 444 valence electrons. The Bertz CT molecular complexity index is 2190. The van der Waals surface area contributed by atoms with E-state index in [9.17, 15) is 53.4 Å². The van der Waals surface area contributed by atoms with Gasteiger partial charge in [-0.25, -0.2) is 9.98 Å². The van der Waals surface area contributed by atoms with E-state index in [1.807, 2.05) is 0 Å². The van der Waals surface area contributed by atoms with Crippen molar-refractivity contribution in [3.05, 3.63) is 30.0 Å². The molecular formula is C48H86N20O11. The molecule has 0 radical (unpaired) electrons. The lowest BCUT2D eigenvalue weighted by molar-refractivity contribution is -0.136. The Kier molecular flexibility index (Phi) is 33.2. The second-order valence-electron chi connectivity index (χ2n) is 18.6. The molecule has 2 rings (SSSR count). The van der Waals surface area contributed by atoms with Gasteiger partial charge in [-0.3, -0.25) is 48.1 Å². The molecule has 0 saturated carbocycles. The molecule has 2 heterocycles. The zero-order valence-electron chi connectivity index (χ0n) is 44.9. The number of hydrogen-bond donors (Lipinski definition) is 18. The third-order valence-electron chi connectivity index (χ3n) is 12.2. The van der Waals surface area contributed by atoms with Gasteiger partial charge < -0.3 is 103 Å². The molecule has 31 heteroatoms. The molecular weight excluding hydrogens is 1030 g/mol. The Labute approximate surface area is 459 Å². The monoisotopic (exact) mass is 1120 g/mol. The number of aromatic nitrogens is 2. The van der Waals surface area contributed by atoms with Crippen LogP contribution in [-0.4, -0.2) is 198 Å². The predicted molar refractivity (Wildman–Crippen MR) is 292 cm³/mol. The van der Waals surface area contributed by atoms with Crippen molar-refractivity contribution >= 4 is 64.8 Å². The molecule has 1 saturated heterocycles. The number of nitrogens with two attached hydrogens (primary N) is 8. The minimum absolute atomic E-state index is 0.0283. The highest BCUT2D eigenvalue weighted by molar-refractivity contribution is 6.40. The van der Waals surface area contributed by atoms with E-state index in [1.165, 1.54) is 23.5 Å². The van der Waals surface area contributed by atoms with Crippen LogP contribution in [0.4, 0.5) is 0 Å². The number of carbonyl (C=O) groups excluding carboxylic acids is 9.